The van der Waals surface area contributed by atoms with Gasteiger partial charge in [0.05, 0.1) is 5.97 Å². The van der Waals surface area contributed by atoms with Crippen molar-refractivity contribution < 1.29 is 91.9 Å². The van der Waals surface area contributed by atoms with Crippen molar-refractivity contribution in [3.05, 3.63) is 0 Å². The minimum Gasteiger partial charge on any atom is -0.549 e. The maximum Gasteiger partial charge on any atom is 1.00 e. The van der Waals surface area contributed by atoms with Gasteiger partial charge in [0.2, 0.25) is 0 Å². The van der Waals surface area contributed by atoms with Gasteiger partial charge < -0.3 is 19.8 Å². The minimum absolute atomic E-state index is 0. The SMILES string of the molecule is CC(C)CC(CC(C)C)C(C(=O)[O-])(C(CC(C)C)CC(C)C)C(C(=O)[O-])S(=O)(=O)O.[Na+].[Na+]. The second kappa shape index (κ2) is 15.8. The number of hydrogen-bond acceptors (Lipinski definition) is 6. The van der Waals surface area contributed by atoms with E-state index in [1.165, 1.54) is 0 Å². The van der Waals surface area contributed by atoms with E-state index in [0.29, 0.717) is 0 Å². The van der Waals surface area contributed by atoms with Gasteiger partial charge in [-0.15, -0.1) is 0 Å². The Morgan fingerprint density at radius 1 is 0.719 bits per heavy atom. The molecule has 0 bridgehead atoms. The summed E-state index contributed by atoms with van der Waals surface area (Å²) < 4.78 is 34.6. The molecule has 0 radical (unpaired) electrons. The molecule has 32 heavy (non-hydrogen) atoms. The smallest absolute Gasteiger partial charge is 0.549 e. The van der Waals surface area contributed by atoms with E-state index in [0.717, 1.165) is 0 Å². The average molecular weight is 495 g/mol. The zero-order chi connectivity index (χ0) is 24.0. The molecule has 0 aliphatic heterocycles. The molecule has 0 saturated heterocycles. The largest absolute Gasteiger partial charge is 1.00 e. The van der Waals surface area contributed by atoms with Crippen LogP contribution >= 0.6 is 0 Å². The van der Waals surface area contributed by atoms with Crippen molar-refractivity contribution in [3.63, 3.8) is 0 Å². The number of carboxylic acid groups (broad SMARTS) is 2. The van der Waals surface area contributed by atoms with Crippen LogP contribution < -0.4 is 69.3 Å². The third kappa shape index (κ3) is 10.6. The molecule has 0 aromatic heterocycles. The first-order valence-electron chi connectivity index (χ1n) is 10.9. The van der Waals surface area contributed by atoms with Crippen LogP contribution in [0.15, 0.2) is 0 Å². The first-order valence-corrected chi connectivity index (χ1v) is 12.4. The Morgan fingerprint density at radius 2 is 0.969 bits per heavy atom. The zero-order valence-corrected chi connectivity index (χ0v) is 26.5. The maximum absolute atomic E-state index is 12.8. The zero-order valence-electron chi connectivity index (χ0n) is 21.7. The first-order chi connectivity index (χ1) is 13.5. The van der Waals surface area contributed by atoms with Crippen molar-refractivity contribution in [2.24, 2.45) is 40.9 Å². The van der Waals surface area contributed by atoms with Gasteiger partial charge in [-0.05, 0) is 61.2 Å². The van der Waals surface area contributed by atoms with Crippen molar-refractivity contribution in [3.8, 4) is 0 Å². The van der Waals surface area contributed by atoms with E-state index in [2.05, 4.69) is 0 Å². The number of carbonyl (C=O) groups excluding carboxylic acids is 2. The van der Waals surface area contributed by atoms with E-state index >= 15 is 0 Å². The Morgan fingerprint density at radius 3 is 1.09 bits per heavy atom. The Bertz CT molecular complexity index is 632. The van der Waals surface area contributed by atoms with Crippen LogP contribution in [0.5, 0.6) is 0 Å². The van der Waals surface area contributed by atoms with Crippen LogP contribution in [0.2, 0.25) is 0 Å². The van der Waals surface area contributed by atoms with Crippen molar-refractivity contribution >= 4 is 22.1 Å². The topological polar surface area (TPSA) is 135 Å². The molecule has 0 rings (SSSR count). The van der Waals surface area contributed by atoms with Gasteiger partial charge in [0, 0.05) is 11.4 Å². The van der Waals surface area contributed by atoms with E-state index in [4.69, 9.17) is 0 Å². The summed E-state index contributed by atoms with van der Waals surface area (Å²) in [4.78, 5) is 25.0. The molecule has 1 atom stereocenters. The fourth-order valence-corrected chi connectivity index (χ4v) is 6.23. The summed E-state index contributed by atoms with van der Waals surface area (Å²) in [5.41, 5.74) is -2.31. The van der Waals surface area contributed by atoms with Gasteiger partial charge in [-0.25, -0.2) is 0 Å². The summed E-state index contributed by atoms with van der Waals surface area (Å²) >= 11 is 0. The number of aliphatic carboxylic acids is 2. The molecule has 0 aliphatic carbocycles. The van der Waals surface area contributed by atoms with Crippen LogP contribution in [0.4, 0.5) is 0 Å². The standard InChI is InChI=1S/C22H42O7S.2Na/c1-13(2)9-17(10-14(3)4)22(21(25)26,19(20(23)24)30(27,28)29)18(11-15(5)6)12-16(7)8;;/h13-19H,9-12H2,1-8H3,(H,23,24)(H,25,26)(H,27,28,29);;/q;2*+1/p-2. The predicted octanol–water partition coefficient (Wildman–Crippen LogP) is -3.85. The van der Waals surface area contributed by atoms with E-state index in [-0.39, 0.29) is 108 Å². The molecule has 0 saturated carbocycles. The molecular weight excluding hydrogens is 454 g/mol. The summed E-state index contributed by atoms with van der Waals surface area (Å²) in [6, 6.07) is 0. The van der Waals surface area contributed by atoms with Crippen molar-refractivity contribution in [2.45, 2.75) is 86.3 Å². The van der Waals surface area contributed by atoms with Gasteiger partial charge in [-0.1, -0.05) is 55.4 Å². The quantitative estimate of drug-likeness (QED) is 0.193. The molecule has 10 heteroatoms. The van der Waals surface area contributed by atoms with Crippen LogP contribution in [0.25, 0.3) is 0 Å². The third-order valence-electron chi connectivity index (χ3n) is 5.67. The van der Waals surface area contributed by atoms with E-state index in [9.17, 15) is 32.8 Å². The monoisotopic (exact) mass is 494 g/mol. The number of carboxylic acids is 2. The molecule has 0 fully saturated rings. The van der Waals surface area contributed by atoms with Crippen molar-refractivity contribution in [2.75, 3.05) is 0 Å². The third-order valence-corrected chi connectivity index (χ3v) is 6.85. The Labute approximate surface area is 239 Å². The molecule has 0 spiro atoms. The number of rotatable bonds is 14. The summed E-state index contributed by atoms with van der Waals surface area (Å²) in [5, 5.41) is 22.4. The Balaban J connectivity index is -0.00000420. The molecule has 0 amide bonds. The molecule has 1 N–H and O–H groups in total. The van der Waals surface area contributed by atoms with E-state index in [1.54, 1.807) is 0 Å². The van der Waals surface area contributed by atoms with Gasteiger partial charge in [0.25, 0.3) is 10.1 Å². The Kier molecular flexibility index (Phi) is 18.4. The molecule has 178 valence electrons. The second-order valence-corrected chi connectivity index (χ2v) is 11.8. The van der Waals surface area contributed by atoms with E-state index < -0.39 is 44.6 Å². The van der Waals surface area contributed by atoms with Gasteiger partial charge >= 0.3 is 59.1 Å². The van der Waals surface area contributed by atoms with Crippen LogP contribution in [-0.4, -0.2) is 30.2 Å². The predicted molar refractivity (Wildman–Crippen MR) is 113 cm³/mol. The summed E-state index contributed by atoms with van der Waals surface area (Å²) in [6.45, 7) is 15.0. The van der Waals surface area contributed by atoms with Crippen molar-refractivity contribution in [1.29, 1.82) is 0 Å². The molecule has 0 aromatic rings. The summed E-state index contributed by atoms with van der Waals surface area (Å²) in [6.07, 6.45) is 1.16. The van der Waals surface area contributed by atoms with Gasteiger partial charge in [-0.2, -0.15) is 8.42 Å². The van der Waals surface area contributed by atoms with Gasteiger partial charge in [0.1, 0.15) is 5.25 Å². The molecule has 1 unspecified atom stereocenters. The Hall–Kier alpha value is 0.850. The number of hydrogen-bond donors (Lipinski definition) is 1. The molecule has 0 aromatic carbocycles. The summed E-state index contributed by atoms with van der Waals surface area (Å²) in [5.74, 6) is -5.57. The normalized spacial score (nSPS) is 13.6. The fourth-order valence-electron chi connectivity index (χ4n) is 5.01. The second-order valence-electron chi connectivity index (χ2n) is 10.3. The molecular formula is C22H40Na2O7S. The van der Waals surface area contributed by atoms with Crippen LogP contribution in [0.3, 0.4) is 0 Å². The molecule has 0 aliphatic rings. The molecule has 7 nitrogen and oxygen atoms in total. The van der Waals surface area contributed by atoms with Gasteiger partial charge in [-0.3, -0.25) is 4.55 Å². The van der Waals surface area contributed by atoms with Gasteiger partial charge in [0.15, 0.2) is 0 Å². The van der Waals surface area contributed by atoms with Crippen molar-refractivity contribution in [1.82, 2.24) is 0 Å². The van der Waals surface area contributed by atoms with E-state index in [1.807, 2.05) is 55.4 Å². The summed E-state index contributed by atoms with van der Waals surface area (Å²) in [7, 11) is -5.28. The first kappa shape index (κ1) is 37.4. The van der Waals surface area contributed by atoms with Crippen LogP contribution in [0.1, 0.15) is 81.1 Å². The van der Waals surface area contributed by atoms with Crippen LogP contribution in [0, 0.1) is 40.9 Å². The number of carbonyl (C=O) groups is 2. The van der Waals surface area contributed by atoms with Crippen LogP contribution in [-0.2, 0) is 19.7 Å². The average Bonchev–Trinajstić information content (AvgIpc) is 2.46. The molecule has 0 heterocycles. The minimum atomic E-state index is -5.28. The maximum atomic E-state index is 12.8. The fraction of sp³-hybridized carbons (Fsp3) is 0.909.